The molecule has 0 spiro atoms. The number of benzene rings is 2. The molecule has 1 aliphatic heterocycles. The average molecular weight is 367 g/mol. The average Bonchev–Trinajstić information content (AvgIpc) is 3.05. The molecule has 1 saturated heterocycles. The molecule has 1 aromatic heterocycles. The van der Waals surface area contributed by atoms with E-state index in [1.807, 2.05) is 44.2 Å². The van der Waals surface area contributed by atoms with E-state index in [1.165, 1.54) is 0 Å². The van der Waals surface area contributed by atoms with Gasteiger partial charge in [0, 0.05) is 24.3 Å². The van der Waals surface area contributed by atoms with Gasteiger partial charge in [0.1, 0.15) is 0 Å². The molecule has 0 unspecified atom stereocenters. The fourth-order valence-electron chi connectivity index (χ4n) is 3.19. The SMILES string of the molecule is Cc1cc(C)cc(C(=O)Nc2ccc3nc(N4CCOCC4)sc3c2)c1. The second-order valence-electron chi connectivity index (χ2n) is 6.61. The molecule has 0 bridgehead atoms. The lowest BCUT2D eigenvalue weighted by atomic mass is 10.1. The minimum Gasteiger partial charge on any atom is -0.378 e. The van der Waals surface area contributed by atoms with Crippen molar-refractivity contribution in [1.29, 1.82) is 0 Å². The van der Waals surface area contributed by atoms with Gasteiger partial charge in [0.2, 0.25) is 0 Å². The third kappa shape index (κ3) is 3.57. The predicted molar refractivity (Wildman–Crippen MR) is 107 cm³/mol. The van der Waals surface area contributed by atoms with Crippen molar-refractivity contribution in [2.24, 2.45) is 0 Å². The molecule has 1 aliphatic rings. The van der Waals surface area contributed by atoms with Crippen molar-refractivity contribution < 1.29 is 9.53 Å². The number of nitrogens with one attached hydrogen (secondary N) is 1. The lowest BCUT2D eigenvalue weighted by Gasteiger charge is -2.25. The van der Waals surface area contributed by atoms with E-state index in [9.17, 15) is 4.79 Å². The van der Waals surface area contributed by atoms with Crippen LogP contribution in [0, 0.1) is 13.8 Å². The van der Waals surface area contributed by atoms with Crippen LogP contribution in [-0.4, -0.2) is 37.2 Å². The van der Waals surface area contributed by atoms with E-state index in [-0.39, 0.29) is 5.91 Å². The van der Waals surface area contributed by atoms with Gasteiger partial charge in [0.25, 0.3) is 5.91 Å². The van der Waals surface area contributed by atoms with Crippen LogP contribution in [0.5, 0.6) is 0 Å². The molecule has 2 aromatic carbocycles. The number of aryl methyl sites for hydroxylation is 2. The number of anilines is 2. The van der Waals surface area contributed by atoms with E-state index in [4.69, 9.17) is 9.72 Å². The molecule has 0 radical (unpaired) electrons. The summed E-state index contributed by atoms with van der Waals surface area (Å²) in [5.41, 5.74) is 4.60. The zero-order valence-electron chi connectivity index (χ0n) is 14.9. The lowest BCUT2D eigenvalue weighted by Crippen LogP contribution is -2.36. The number of rotatable bonds is 3. The number of ether oxygens (including phenoxy) is 1. The van der Waals surface area contributed by atoms with Crippen molar-refractivity contribution in [3.63, 3.8) is 0 Å². The number of fused-ring (bicyclic) bond motifs is 1. The monoisotopic (exact) mass is 367 g/mol. The number of carbonyl (C=O) groups is 1. The van der Waals surface area contributed by atoms with Crippen LogP contribution >= 0.6 is 11.3 Å². The minimum absolute atomic E-state index is 0.0888. The zero-order chi connectivity index (χ0) is 18.1. The Kier molecular flexibility index (Phi) is 4.61. The molecule has 1 N–H and O–H groups in total. The number of morpholine rings is 1. The Bertz CT molecular complexity index is 941. The molecule has 134 valence electrons. The Hall–Kier alpha value is -2.44. The highest BCUT2D eigenvalue weighted by atomic mass is 32.1. The summed E-state index contributed by atoms with van der Waals surface area (Å²) in [6.07, 6.45) is 0. The van der Waals surface area contributed by atoms with Crippen molar-refractivity contribution in [1.82, 2.24) is 4.98 Å². The maximum absolute atomic E-state index is 12.6. The fraction of sp³-hybridized carbons (Fsp3) is 0.300. The number of aromatic nitrogens is 1. The van der Waals surface area contributed by atoms with Gasteiger partial charge in [0.05, 0.1) is 23.4 Å². The Morgan fingerprint density at radius 1 is 1.12 bits per heavy atom. The van der Waals surface area contributed by atoms with Crippen LogP contribution in [0.2, 0.25) is 0 Å². The predicted octanol–water partition coefficient (Wildman–Crippen LogP) is 4.00. The second-order valence-corrected chi connectivity index (χ2v) is 7.62. The summed E-state index contributed by atoms with van der Waals surface area (Å²) in [5.74, 6) is -0.0888. The standard InChI is InChI=1S/C20H21N3O2S/c1-13-9-14(2)11-15(10-13)19(24)21-16-3-4-17-18(12-16)26-20(22-17)23-5-7-25-8-6-23/h3-4,9-12H,5-8H2,1-2H3,(H,21,24). The van der Waals surface area contributed by atoms with Gasteiger partial charge in [-0.05, 0) is 44.2 Å². The molecule has 4 rings (SSSR count). The molecule has 0 saturated carbocycles. The number of amides is 1. The van der Waals surface area contributed by atoms with Crippen LogP contribution in [0.25, 0.3) is 10.2 Å². The van der Waals surface area contributed by atoms with Gasteiger partial charge < -0.3 is 15.0 Å². The third-order valence-electron chi connectivity index (χ3n) is 4.40. The van der Waals surface area contributed by atoms with Crippen molar-refractivity contribution >= 4 is 38.3 Å². The Morgan fingerprint density at radius 2 is 1.85 bits per heavy atom. The molecule has 6 heteroatoms. The van der Waals surface area contributed by atoms with Crippen molar-refractivity contribution in [3.8, 4) is 0 Å². The maximum Gasteiger partial charge on any atom is 0.255 e. The summed E-state index contributed by atoms with van der Waals surface area (Å²) < 4.78 is 6.48. The molecule has 26 heavy (non-hydrogen) atoms. The van der Waals surface area contributed by atoms with Gasteiger partial charge in [-0.15, -0.1) is 0 Å². The molecule has 0 atom stereocenters. The summed E-state index contributed by atoms with van der Waals surface area (Å²) in [6, 6.07) is 11.7. The first-order valence-electron chi connectivity index (χ1n) is 8.71. The normalized spacial score (nSPS) is 14.6. The van der Waals surface area contributed by atoms with E-state index in [2.05, 4.69) is 16.3 Å². The van der Waals surface area contributed by atoms with Crippen LogP contribution in [0.15, 0.2) is 36.4 Å². The molecular formula is C20H21N3O2S. The summed E-state index contributed by atoms with van der Waals surface area (Å²) in [7, 11) is 0. The van der Waals surface area contributed by atoms with Crippen molar-refractivity contribution in [3.05, 3.63) is 53.1 Å². The molecule has 1 fully saturated rings. The van der Waals surface area contributed by atoms with E-state index >= 15 is 0 Å². The molecule has 5 nitrogen and oxygen atoms in total. The summed E-state index contributed by atoms with van der Waals surface area (Å²) >= 11 is 1.65. The second kappa shape index (κ2) is 7.05. The Morgan fingerprint density at radius 3 is 2.58 bits per heavy atom. The molecule has 2 heterocycles. The van der Waals surface area contributed by atoms with Crippen molar-refractivity contribution in [2.45, 2.75) is 13.8 Å². The van der Waals surface area contributed by atoms with Gasteiger partial charge in [-0.2, -0.15) is 0 Å². The number of hydrogen-bond acceptors (Lipinski definition) is 5. The minimum atomic E-state index is -0.0888. The highest BCUT2D eigenvalue weighted by molar-refractivity contribution is 7.22. The van der Waals surface area contributed by atoms with Crippen LogP contribution in [0.3, 0.4) is 0 Å². The fourth-order valence-corrected chi connectivity index (χ4v) is 4.25. The number of hydrogen-bond donors (Lipinski definition) is 1. The van der Waals surface area contributed by atoms with Gasteiger partial charge >= 0.3 is 0 Å². The summed E-state index contributed by atoms with van der Waals surface area (Å²) in [5, 5.41) is 4.01. The van der Waals surface area contributed by atoms with Crippen LogP contribution in [0.1, 0.15) is 21.5 Å². The van der Waals surface area contributed by atoms with E-state index in [0.29, 0.717) is 5.56 Å². The van der Waals surface area contributed by atoms with E-state index < -0.39 is 0 Å². The highest BCUT2D eigenvalue weighted by Crippen LogP contribution is 2.31. The summed E-state index contributed by atoms with van der Waals surface area (Å²) in [6.45, 7) is 7.23. The van der Waals surface area contributed by atoms with Gasteiger partial charge in [-0.1, -0.05) is 28.5 Å². The first-order valence-corrected chi connectivity index (χ1v) is 9.53. The molecule has 1 amide bonds. The Balaban J connectivity index is 1.56. The zero-order valence-corrected chi connectivity index (χ0v) is 15.7. The molecule has 0 aliphatic carbocycles. The molecule has 3 aromatic rings. The topological polar surface area (TPSA) is 54.5 Å². The summed E-state index contributed by atoms with van der Waals surface area (Å²) in [4.78, 5) is 19.5. The van der Waals surface area contributed by atoms with Gasteiger partial charge in [-0.25, -0.2) is 4.98 Å². The van der Waals surface area contributed by atoms with Gasteiger partial charge in [-0.3, -0.25) is 4.79 Å². The van der Waals surface area contributed by atoms with Crippen molar-refractivity contribution in [2.75, 3.05) is 36.5 Å². The van der Waals surface area contributed by atoms with E-state index in [0.717, 1.165) is 58.5 Å². The van der Waals surface area contributed by atoms with Crippen LogP contribution in [-0.2, 0) is 4.74 Å². The number of nitrogens with zero attached hydrogens (tertiary/aromatic N) is 2. The first kappa shape index (κ1) is 17.0. The maximum atomic E-state index is 12.6. The lowest BCUT2D eigenvalue weighted by molar-refractivity contribution is 0.102. The highest BCUT2D eigenvalue weighted by Gasteiger charge is 2.16. The number of carbonyl (C=O) groups excluding carboxylic acids is 1. The Labute approximate surface area is 156 Å². The largest absolute Gasteiger partial charge is 0.378 e. The molecular weight excluding hydrogens is 346 g/mol. The van der Waals surface area contributed by atoms with Gasteiger partial charge in [0.15, 0.2) is 5.13 Å². The van der Waals surface area contributed by atoms with Crippen LogP contribution < -0.4 is 10.2 Å². The first-order chi connectivity index (χ1) is 12.6. The quantitative estimate of drug-likeness (QED) is 0.760. The number of thiazole rings is 1. The smallest absolute Gasteiger partial charge is 0.255 e. The van der Waals surface area contributed by atoms with E-state index in [1.54, 1.807) is 11.3 Å². The third-order valence-corrected chi connectivity index (χ3v) is 5.48. The van der Waals surface area contributed by atoms with Crippen LogP contribution in [0.4, 0.5) is 10.8 Å².